The van der Waals surface area contributed by atoms with E-state index in [4.69, 9.17) is 16.0 Å². The van der Waals surface area contributed by atoms with Gasteiger partial charge in [-0.1, -0.05) is 11.6 Å². The number of sulfonamides is 1. The summed E-state index contributed by atoms with van der Waals surface area (Å²) in [6.07, 6.45) is 1.46. The Morgan fingerprint density at radius 2 is 1.95 bits per heavy atom. The summed E-state index contributed by atoms with van der Waals surface area (Å²) in [6.45, 7) is 1.64. The van der Waals surface area contributed by atoms with Crippen LogP contribution in [0.15, 0.2) is 44.7 Å². The molecule has 1 atom stereocenters. The molecular weight excluding hydrogens is 322 g/mol. The molecule has 0 aliphatic heterocycles. The third-order valence-electron chi connectivity index (χ3n) is 2.48. The summed E-state index contributed by atoms with van der Waals surface area (Å²) in [6, 6.07) is 7.37. The van der Waals surface area contributed by atoms with Crippen LogP contribution in [0.3, 0.4) is 0 Å². The van der Waals surface area contributed by atoms with Crippen LogP contribution in [0.25, 0.3) is 0 Å². The predicted molar refractivity (Wildman–Crippen MR) is 78.0 cm³/mol. The summed E-state index contributed by atoms with van der Waals surface area (Å²) >= 11 is 5.84. The number of furan rings is 1. The summed E-state index contributed by atoms with van der Waals surface area (Å²) in [5.41, 5.74) is 0.174. The van der Waals surface area contributed by atoms with Gasteiger partial charge >= 0.3 is 0 Å². The number of aryl methyl sites for hydroxylation is 1. The van der Waals surface area contributed by atoms with Gasteiger partial charge < -0.3 is 4.42 Å². The van der Waals surface area contributed by atoms with Gasteiger partial charge in [-0.2, -0.15) is 8.42 Å². The maximum absolute atomic E-state index is 12.2. The average Bonchev–Trinajstić information content (AvgIpc) is 2.75. The molecular formula is C12H12ClNO4S2. The van der Waals surface area contributed by atoms with Gasteiger partial charge in [0.2, 0.25) is 5.09 Å². The molecule has 0 amide bonds. The van der Waals surface area contributed by atoms with Gasteiger partial charge in [0, 0.05) is 11.3 Å². The minimum absolute atomic E-state index is 0.174. The molecule has 1 heterocycles. The number of halogens is 1. The van der Waals surface area contributed by atoms with Gasteiger partial charge in [0.15, 0.2) is 0 Å². The minimum Gasteiger partial charge on any atom is -0.448 e. The lowest BCUT2D eigenvalue weighted by atomic mass is 10.3. The van der Waals surface area contributed by atoms with Gasteiger partial charge in [-0.15, -0.1) is 0 Å². The van der Waals surface area contributed by atoms with Crippen molar-refractivity contribution in [1.29, 1.82) is 0 Å². The predicted octanol–water partition coefficient (Wildman–Crippen LogP) is 2.78. The molecule has 0 aliphatic carbocycles. The Morgan fingerprint density at radius 3 is 2.50 bits per heavy atom. The van der Waals surface area contributed by atoms with Crippen LogP contribution in [0.4, 0.5) is 5.69 Å². The fourth-order valence-electron chi connectivity index (χ4n) is 1.58. The Kier molecular flexibility index (Phi) is 4.22. The van der Waals surface area contributed by atoms with E-state index in [1.165, 1.54) is 24.5 Å². The van der Waals surface area contributed by atoms with Gasteiger partial charge in [-0.25, -0.2) is 0 Å². The lowest BCUT2D eigenvalue weighted by molar-refractivity contribution is 0.430. The molecule has 2 aromatic rings. The first-order valence-electron chi connectivity index (χ1n) is 5.52. The minimum atomic E-state index is -3.88. The summed E-state index contributed by atoms with van der Waals surface area (Å²) in [4.78, 5) is 0.348. The van der Waals surface area contributed by atoms with Crippen molar-refractivity contribution in [1.82, 2.24) is 0 Å². The first-order valence-corrected chi connectivity index (χ1v) is 8.94. The zero-order valence-electron chi connectivity index (χ0n) is 10.7. The van der Waals surface area contributed by atoms with E-state index in [-0.39, 0.29) is 10.8 Å². The van der Waals surface area contributed by atoms with Gasteiger partial charge in [0.25, 0.3) is 10.0 Å². The van der Waals surface area contributed by atoms with Crippen LogP contribution in [0, 0.1) is 6.92 Å². The second-order valence-electron chi connectivity index (χ2n) is 4.07. The summed E-state index contributed by atoms with van der Waals surface area (Å²) in [5, 5.41) is 0.135. The van der Waals surface area contributed by atoms with Gasteiger partial charge in [-0.3, -0.25) is 8.93 Å². The van der Waals surface area contributed by atoms with Crippen molar-refractivity contribution in [3.8, 4) is 0 Å². The molecule has 1 aromatic heterocycles. The van der Waals surface area contributed by atoms with E-state index in [1.54, 1.807) is 19.1 Å². The summed E-state index contributed by atoms with van der Waals surface area (Å²) in [7, 11) is -5.23. The molecule has 20 heavy (non-hydrogen) atoms. The molecule has 5 nitrogen and oxygen atoms in total. The van der Waals surface area contributed by atoms with Crippen molar-refractivity contribution in [3.63, 3.8) is 0 Å². The van der Waals surface area contributed by atoms with Crippen LogP contribution >= 0.6 is 11.6 Å². The monoisotopic (exact) mass is 333 g/mol. The number of nitrogens with one attached hydrogen (secondary N) is 1. The third-order valence-corrected chi connectivity index (χ3v) is 4.92. The van der Waals surface area contributed by atoms with Crippen molar-refractivity contribution >= 4 is 38.1 Å². The van der Waals surface area contributed by atoms with E-state index in [2.05, 4.69) is 4.72 Å². The van der Waals surface area contributed by atoms with Crippen LogP contribution in [0.1, 0.15) is 5.76 Å². The topological polar surface area (TPSA) is 76.4 Å². The Morgan fingerprint density at radius 1 is 1.25 bits per heavy atom. The Hall–Kier alpha value is -1.31. The van der Waals surface area contributed by atoms with Crippen LogP contribution in [0.5, 0.6) is 0 Å². The van der Waals surface area contributed by atoms with Crippen molar-refractivity contribution in [2.75, 3.05) is 11.0 Å². The molecule has 0 saturated heterocycles. The molecule has 2 rings (SSSR count). The quantitative estimate of drug-likeness (QED) is 0.933. The van der Waals surface area contributed by atoms with E-state index >= 15 is 0 Å². The molecule has 8 heteroatoms. The summed E-state index contributed by atoms with van der Waals surface area (Å²) < 4.78 is 43.4. The molecule has 0 radical (unpaired) electrons. The number of hydrogen-bond acceptors (Lipinski definition) is 4. The van der Waals surface area contributed by atoms with E-state index in [9.17, 15) is 12.6 Å². The lowest BCUT2D eigenvalue weighted by Gasteiger charge is -2.10. The van der Waals surface area contributed by atoms with Crippen LogP contribution < -0.4 is 4.72 Å². The van der Waals surface area contributed by atoms with Crippen molar-refractivity contribution in [2.24, 2.45) is 0 Å². The van der Waals surface area contributed by atoms with Gasteiger partial charge in [-0.05, 0) is 37.3 Å². The second kappa shape index (κ2) is 5.59. The molecule has 1 N–H and O–H groups in total. The van der Waals surface area contributed by atoms with Crippen molar-refractivity contribution in [3.05, 3.63) is 41.1 Å². The zero-order valence-corrected chi connectivity index (χ0v) is 13.1. The maximum atomic E-state index is 12.2. The Balaban J connectivity index is 2.44. The molecule has 108 valence electrons. The van der Waals surface area contributed by atoms with Gasteiger partial charge in [0.1, 0.15) is 5.76 Å². The fourth-order valence-corrected chi connectivity index (χ4v) is 3.55. The van der Waals surface area contributed by atoms with Gasteiger partial charge in [0.05, 0.1) is 21.4 Å². The van der Waals surface area contributed by atoms with E-state index in [0.29, 0.717) is 15.7 Å². The molecule has 0 fully saturated rings. The van der Waals surface area contributed by atoms with E-state index < -0.39 is 20.8 Å². The first kappa shape index (κ1) is 15.1. The Labute approximate surface area is 124 Å². The number of rotatable bonds is 4. The highest BCUT2D eigenvalue weighted by molar-refractivity contribution is 7.92. The normalized spacial score (nSPS) is 13.2. The second-order valence-corrected chi connectivity index (χ2v) is 7.46. The fraction of sp³-hybridized carbons (Fsp3) is 0.167. The lowest BCUT2D eigenvalue weighted by Crippen LogP contribution is -2.13. The highest BCUT2D eigenvalue weighted by Gasteiger charge is 2.20. The molecule has 1 aromatic carbocycles. The maximum Gasteiger partial charge on any atom is 0.295 e. The van der Waals surface area contributed by atoms with E-state index in [1.807, 2.05) is 0 Å². The average molecular weight is 334 g/mol. The number of anilines is 1. The van der Waals surface area contributed by atoms with Crippen LogP contribution in [-0.4, -0.2) is 18.9 Å². The van der Waals surface area contributed by atoms with E-state index in [0.717, 1.165) is 0 Å². The van der Waals surface area contributed by atoms with Crippen molar-refractivity contribution in [2.45, 2.75) is 16.9 Å². The largest absolute Gasteiger partial charge is 0.448 e. The molecule has 0 spiro atoms. The molecule has 0 saturated carbocycles. The number of hydrogen-bond donors (Lipinski definition) is 1. The summed E-state index contributed by atoms with van der Waals surface area (Å²) in [5.74, 6) is 0.482. The standard InChI is InChI=1S/C12H12ClNO4S2/c1-8-3-6-12(18-8)20(16,17)14-10-7-9(13)4-5-11(10)19(2)15/h3-7,14H,1-2H3. The third kappa shape index (κ3) is 3.23. The molecule has 1 unspecified atom stereocenters. The zero-order chi connectivity index (χ0) is 14.9. The Bertz CT molecular complexity index is 768. The first-order chi connectivity index (χ1) is 9.29. The smallest absolute Gasteiger partial charge is 0.295 e. The molecule has 0 aliphatic rings. The van der Waals surface area contributed by atoms with Crippen molar-refractivity contribution < 1.29 is 17.0 Å². The van der Waals surface area contributed by atoms with Crippen LogP contribution in [-0.2, 0) is 20.8 Å². The highest BCUT2D eigenvalue weighted by atomic mass is 35.5. The molecule has 0 bridgehead atoms. The van der Waals surface area contributed by atoms with Crippen LogP contribution in [0.2, 0.25) is 5.02 Å². The highest BCUT2D eigenvalue weighted by Crippen LogP contribution is 2.26. The number of benzene rings is 1. The SMILES string of the molecule is Cc1ccc(S(=O)(=O)Nc2cc(Cl)ccc2S(C)=O)o1.